The van der Waals surface area contributed by atoms with Gasteiger partial charge in [-0.1, -0.05) is 24.3 Å². The Morgan fingerprint density at radius 1 is 1.31 bits per heavy atom. The molecule has 7 heteroatoms. The molecule has 0 saturated carbocycles. The number of rotatable bonds is 5. The summed E-state index contributed by atoms with van der Waals surface area (Å²) < 4.78 is 19.2. The van der Waals surface area contributed by atoms with Crippen LogP contribution in [0.4, 0.5) is 10.1 Å². The predicted octanol–water partition coefficient (Wildman–Crippen LogP) is 3.75. The summed E-state index contributed by atoms with van der Waals surface area (Å²) in [5.74, 6) is 0.445. The molecule has 3 aromatic rings. The van der Waals surface area contributed by atoms with Crippen molar-refractivity contribution in [1.82, 2.24) is 14.9 Å². The van der Waals surface area contributed by atoms with Crippen LogP contribution in [0.3, 0.4) is 0 Å². The average Bonchev–Trinajstić information content (AvgIpc) is 3.20. The van der Waals surface area contributed by atoms with Crippen molar-refractivity contribution < 1.29 is 13.9 Å². The fourth-order valence-corrected chi connectivity index (χ4v) is 3.52. The standard InChI is InChI=1S/C22H23FN4O2/c1-15(28)25-19-7-5-16(6-8-19)13-27-9-10-29-14-21(27)22-24-12-20(26-22)17-3-2-4-18(23)11-17/h2-8,11-12,21H,9-10,13-14H2,1H3,(H,24,26)(H,25,28)/t21-/m0/s1. The van der Waals surface area contributed by atoms with Crippen molar-refractivity contribution in [1.29, 1.82) is 0 Å². The van der Waals surface area contributed by atoms with Crippen LogP contribution in [0, 0.1) is 5.82 Å². The second kappa shape index (κ2) is 8.55. The summed E-state index contributed by atoms with van der Waals surface area (Å²) in [4.78, 5) is 21.3. The van der Waals surface area contributed by atoms with Crippen LogP contribution in [-0.4, -0.2) is 40.5 Å². The van der Waals surface area contributed by atoms with E-state index in [-0.39, 0.29) is 17.8 Å². The fraction of sp³-hybridized carbons (Fsp3) is 0.273. The van der Waals surface area contributed by atoms with Crippen LogP contribution in [0.15, 0.2) is 54.7 Å². The average molecular weight is 394 g/mol. The first kappa shape index (κ1) is 19.3. The van der Waals surface area contributed by atoms with Gasteiger partial charge in [0.2, 0.25) is 5.91 Å². The SMILES string of the molecule is CC(=O)Nc1ccc(CN2CCOC[C@H]2c2ncc(-c3cccc(F)c3)[nH]2)cc1. The van der Waals surface area contributed by atoms with E-state index in [9.17, 15) is 9.18 Å². The van der Waals surface area contributed by atoms with Crippen molar-refractivity contribution in [2.45, 2.75) is 19.5 Å². The van der Waals surface area contributed by atoms with Crippen LogP contribution in [-0.2, 0) is 16.1 Å². The fourth-order valence-electron chi connectivity index (χ4n) is 3.52. The number of aromatic amines is 1. The molecule has 0 radical (unpaired) electrons. The number of morpholine rings is 1. The number of anilines is 1. The number of hydrogen-bond donors (Lipinski definition) is 2. The Hall–Kier alpha value is -3.03. The van der Waals surface area contributed by atoms with Gasteiger partial charge in [-0.15, -0.1) is 0 Å². The molecule has 150 valence electrons. The molecule has 2 aromatic carbocycles. The minimum atomic E-state index is -0.274. The topological polar surface area (TPSA) is 70.2 Å². The third-order valence-electron chi connectivity index (χ3n) is 4.95. The van der Waals surface area contributed by atoms with Crippen LogP contribution in [0.5, 0.6) is 0 Å². The molecular weight excluding hydrogens is 371 g/mol. The molecule has 4 rings (SSSR count). The molecule has 1 atom stereocenters. The normalized spacial score (nSPS) is 17.2. The van der Waals surface area contributed by atoms with Crippen molar-refractivity contribution in [3.8, 4) is 11.3 Å². The number of H-pyrrole nitrogens is 1. The van der Waals surface area contributed by atoms with E-state index in [2.05, 4.69) is 20.2 Å². The number of carbonyl (C=O) groups excluding carboxylic acids is 1. The largest absolute Gasteiger partial charge is 0.378 e. The zero-order valence-electron chi connectivity index (χ0n) is 16.2. The lowest BCUT2D eigenvalue weighted by Crippen LogP contribution is -2.39. The quantitative estimate of drug-likeness (QED) is 0.692. The second-order valence-electron chi connectivity index (χ2n) is 7.13. The van der Waals surface area contributed by atoms with Crippen molar-refractivity contribution >= 4 is 11.6 Å². The summed E-state index contributed by atoms with van der Waals surface area (Å²) in [6.45, 7) is 4.23. The van der Waals surface area contributed by atoms with Gasteiger partial charge in [-0.05, 0) is 29.8 Å². The van der Waals surface area contributed by atoms with Gasteiger partial charge in [0, 0.05) is 31.3 Å². The van der Waals surface area contributed by atoms with Crippen LogP contribution in [0.2, 0.25) is 0 Å². The highest BCUT2D eigenvalue weighted by atomic mass is 19.1. The number of amides is 1. The van der Waals surface area contributed by atoms with E-state index < -0.39 is 0 Å². The van der Waals surface area contributed by atoms with Crippen molar-refractivity contribution in [2.24, 2.45) is 0 Å². The van der Waals surface area contributed by atoms with E-state index in [1.165, 1.54) is 19.1 Å². The molecule has 2 N–H and O–H groups in total. The molecule has 1 aromatic heterocycles. The lowest BCUT2D eigenvalue weighted by Gasteiger charge is -2.34. The number of nitrogens with one attached hydrogen (secondary N) is 2. The highest BCUT2D eigenvalue weighted by Crippen LogP contribution is 2.27. The third kappa shape index (κ3) is 4.70. The summed E-state index contributed by atoms with van der Waals surface area (Å²) >= 11 is 0. The summed E-state index contributed by atoms with van der Waals surface area (Å²) in [5, 5.41) is 2.78. The molecule has 2 heterocycles. The Bertz CT molecular complexity index is 986. The highest BCUT2D eigenvalue weighted by molar-refractivity contribution is 5.88. The minimum absolute atomic E-state index is 0.0129. The molecule has 1 amide bonds. The van der Waals surface area contributed by atoms with Crippen LogP contribution < -0.4 is 5.32 Å². The molecule has 6 nitrogen and oxygen atoms in total. The molecule has 0 bridgehead atoms. The van der Waals surface area contributed by atoms with Crippen LogP contribution >= 0.6 is 0 Å². The van der Waals surface area contributed by atoms with Gasteiger partial charge in [0.1, 0.15) is 11.6 Å². The third-order valence-corrected chi connectivity index (χ3v) is 4.95. The van der Waals surface area contributed by atoms with Gasteiger partial charge < -0.3 is 15.0 Å². The zero-order valence-corrected chi connectivity index (χ0v) is 16.2. The van der Waals surface area contributed by atoms with E-state index in [0.717, 1.165) is 41.4 Å². The summed E-state index contributed by atoms with van der Waals surface area (Å²) in [6, 6.07) is 14.3. The van der Waals surface area contributed by atoms with E-state index >= 15 is 0 Å². The predicted molar refractivity (Wildman–Crippen MR) is 109 cm³/mol. The summed E-state index contributed by atoms with van der Waals surface area (Å²) in [6.07, 6.45) is 1.74. The van der Waals surface area contributed by atoms with E-state index in [0.29, 0.717) is 13.2 Å². The van der Waals surface area contributed by atoms with Gasteiger partial charge in [0.25, 0.3) is 0 Å². The number of ether oxygens (including phenoxy) is 1. The molecule has 1 fully saturated rings. The maximum atomic E-state index is 13.5. The van der Waals surface area contributed by atoms with Gasteiger partial charge in [-0.2, -0.15) is 0 Å². The summed E-state index contributed by atoms with van der Waals surface area (Å²) in [5.41, 5.74) is 3.47. The second-order valence-corrected chi connectivity index (χ2v) is 7.13. The first-order chi connectivity index (χ1) is 14.1. The Balaban J connectivity index is 1.50. The Morgan fingerprint density at radius 2 is 2.14 bits per heavy atom. The van der Waals surface area contributed by atoms with Crippen molar-refractivity contribution in [2.75, 3.05) is 25.1 Å². The Kier molecular flexibility index (Phi) is 5.69. The van der Waals surface area contributed by atoms with Crippen LogP contribution in [0.25, 0.3) is 11.3 Å². The smallest absolute Gasteiger partial charge is 0.221 e. The Morgan fingerprint density at radius 3 is 2.90 bits per heavy atom. The molecule has 1 saturated heterocycles. The number of aromatic nitrogens is 2. The first-order valence-corrected chi connectivity index (χ1v) is 9.57. The number of halogens is 1. The Labute approximate surface area is 168 Å². The van der Waals surface area contributed by atoms with Crippen molar-refractivity contribution in [3.05, 3.63) is 71.9 Å². The summed E-state index contributed by atoms with van der Waals surface area (Å²) in [7, 11) is 0. The minimum Gasteiger partial charge on any atom is -0.378 e. The molecule has 29 heavy (non-hydrogen) atoms. The number of nitrogens with zero attached hydrogens (tertiary/aromatic N) is 2. The van der Waals surface area contributed by atoms with Gasteiger partial charge >= 0.3 is 0 Å². The van der Waals surface area contributed by atoms with Gasteiger partial charge in [-0.25, -0.2) is 9.37 Å². The maximum absolute atomic E-state index is 13.5. The number of benzene rings is 2. The molecule has 0 aliphatic carbocycles. The number of imidazole rings is 1. The monoisotopic (exact) mass is 394 g/mol. The van der Waals surface area contributed by atoms with E-state index in [4.69, 9.17) is 4.74 Å². The number of carbonyl (C=O) groups is 1. The van der Waals surface area contributed by atoms with Gasteiger partial charge in [0.05, 0.1) is 31.1 Å². The molecular formula is C22H23FN4O2. The number of hydrogen-bond acceptors (Lipinski definition) is 4. The van der Waals surface area contributed by atoms with Crippen LogP contribution in [0.1, 0.15) is 24.4 Å². The van der Waals surface area contributed by atoms with E-state index in [1.54, 1.807) is 12.3 Å². The van der Waals surface area contributed by atoms with E-state index in [1.807, 2.05) is 30.3 Å². The first-order valence-electron chi connectivity index (χ1n) is 9.57. The molecule has 0 spiro atoms. The molecule has 1 aliphatic rings. The maximum Gasteiger partial charge on any atom is 0.221 e. The van der Waals surface area contributed by atoms with Crippen molar-refractivity contribution in [3.63, 3.8) is 0 Å². The van der Waals surface area contributed by atoms with Gasteiger partial charge in [0.15, 0.2) is 0 Å². The lowest BCUT2D eigenvalue weighted by molar-refractivity contribution is -0.114. The van der Waals surface area contributed by atoms with Gasteiger partial charge in [-0.3, -0.25) is 9.69 Å². The zero-order chi connectivity index (χ0) is 20.2. The lowest BCUT2D eigenvalue weighted by atomic mass is 10.1. The molecule has 0 unspecified atom stereocenters. The molecule has 1 aliphatic heterocycles. The highest BCUT2D eigenvalue weighted by Gasteiger charge is 2.27.